The topological polar surface area (TPSA) is 67.3 Å². The minimum absolute atomic E-state index is 0.217. The van der Waals surface area contributed by atoms with Crippen LogP contribution >= 0.6 is 11.6 Å². The molecule has 3 aromatic carbocycles. The van der Waals surface area contributed by atoms with Crippen LogP contribution in [0.4, 0.5) is 0 Å². The molecule has 7 heteroatoms. The quantitative estimate of drug-likeness (QED) is 0.401. The molecule has 4 aromatic rings. The molecule has 0 aliphatic heterocycles. The molecule has 4 rings (SSSR count). The lowest BCUT2D eigenvalue weighted by molar-refractivity contribution is 0.0952. The zero-order valence-corrected chi connectivity index (χ0v) is 17.2. The van der Waals surface area contributed by atoms with Gasteiger partial charge in [0.2, 0.25) is 0 Å². The molecule has 0 atom stereocenters. The molecule has 1 amide bonds. The second kappa shape index (κ2) is 7.81. The summed E-state index contributed by atoms with van der Waals surface area (Å²) in [5.74, 6) is 0.551. The number of benzene rings is 3. The first-order valence-corrected chi connectivity index (χ1v) is 9.65. The number of fused-ring (bicyclic) bond motifs is 4. The summed E-state index contributed by atoms with van der Waals surface area (Å²) in [6.45, 7) is 1.27. The molecule has 0 unspecified atom stereocenters. The van der Waals surface area contributed by atoms with Gasteiger partial charge in [0, 0.05) is 28.9 Å². The van der Waals surface area contributed by atoms with Crippen LogP contribution in [0, 0.1) is 0 Å². The number of amides is 1. The average molecular weight is 409 g/mol. The molecule has 0 saturated heterocycles. The number of methoxy groups -OCH3 is 1. The van der Waals surface area contributed by atoms with Crippen molar-refractivity contribution in [2.24, 2.45) is 0 Å². The van der Waals surface area contributed by atoms with Crippen molar-refractivity contribution in [2.75, 3.05) is 34.3 Å². The van der Waals surface area contributed by atoms with Gasteiger partial charge in [-0.2, -0.15) is 0 Å². The number of aromatic nitrogens is 2. The monoisotopic (exact) mass is 408 g/mol. The summed E-state index contributed by atoms with van der Waals surface area (Å²) in [7, 11) is 5.55. The zero-order valence-electron chi connectivity index (χ0n) is 16.5. The van der Waals surface area contributed by atoms with Gasteiger partial charge in [-0.25, -0.2) is 9.97 Å². The molecule has 1 aromatic heterocycles. The van der Waals surface area contributed by atoms with Gasteiger partial charge < -0.3 is 15.0 Å². The van der Waals surface area contributed by atoms with E-state index in [2.05, 4.69) is 5.32 Å². The highest BCUT2D eigenvalue weighted by atomic mass is 35.5. The van der Waals surface area contributed by atoms with Crippen LogP contribution in [0.15, 0.2) is 42.5 Å². The maximum absolute atomic E-state index is 12.8. The molecule has 0 saturated carbocycles. The lowest BCUT2D eigenvalue weighted by Gasteiger charge is -2.12. The first kappa shape index (κ1) is 19.4. The highest BCUT2D eigenvalue weighted by Crippen LogP contribution is 2.32. The molecule has 148 valence electrons. The van der Waals surface area contributed by atoms with Gasteiger partial charge in [-0.1, -0.05) is 23.7 Å². The lowest BCUT2D eigenvalue weighted by Crippen LogP contribution is -2.31. The van der Waals surface area contributed by atoms with Crippen LogP contribution in [0.3, 0.4) is 0 Å². The van der Waals surface area contributed by atoms with Gasteiger partial charge in [-0.15, -0.1) is 0 Å². The van der Waals surface area contributed by atoms with E-state index in [1.807, 2.05) is 49.3 Å². The SMILES string of the molecule is COc1cccc2c1ccc1nc3cc(Cl)cc(C(=O)NCCN(C)C)c3nc12. The van der Waals surface area contributed by atoms with Crippen molar-refractivity contribution in [1.29, 1.82) is 0 Å². The number of hydrogen-bond acceptors (Lipinski definition) is 5. The predicted molar refractivity (Wildman–Crippen MR) is 117 cm³/mol. The zero-order chi connectivity index (χ0) is 20.5. The minimum atomic E-state index is -0.217. The van der Waals surface area contributed by atoms with Gasteiger partial charge in [0.05, 0.1) is 29.2 Å². The number of carbonyl (C=O) groups excluding carboxylic acids is 1. The Kier molecular flexibility index (Phi) is 5.22. The predicted octanol–water partition coefficient (Wildman–Crippen LogP) is 3.89. The largest absolute Gasteiger partial charge is 0.496 e. The molecule has 29 heavy (non-hydrogen) atoms. The van der Waals surface area contributed by atoms with E-state index in [-0.39, 0.29) is 5.91 Å². The van der Waals surface area contributed by atoms with E-state index in [9.17, 15) is 4.79 Å². The van der Waals surface area contributed by atoms with E-state index in [4.69, 9.17) is 26.3 Å². The molecule has 0 aliphatic rings. The van der Waals surface area contributed by atoms with Crippen molar-refractivity contribution in [2.45, 2.75) is 0 Å². The van der Waals surface area contributed by atoms with Gasteiger partial charge in [-0.05, 0) is 44.4 Å². The molecule has 6 nitrogen and oxygen atoms in total. The smallest absolute Gasteiger partial charge is 0.253 e. The minimum Gasteiger partial charge on any atom is -0.496 e. The number of halogens is 1. The van der Waals surface area contributed by atoms with E-state index in [0.717, 1.165) is 34.1 Å². The summed E-state index contributed by atoms with van der Waals surface area (Å²) >= 11 is 6.27. The summed E-state index contributed by atoms with van der Waals surface area (Å²) in [6, 6.07) is 13.1. The Balaban J connectivity index is 1.91. The molecule has 1 N–H and O–H groups in total. The summed E-state index contributed by atoms with van der Waals surface area (Å²) in [6.07, 6.45) is 0. The Hall–Kier alpha value is -2.96. The van der Waals surface area contributed by atoms with Crippen LogP contribution in [0.1, 0.15) is 10.4 Å². The Bertz CT molecular complexity index is 1240. The van der Waals surface area contributed by atoms with Gasteiger partial charge in [0.15, 0.2) is 0 Å². The van der Waals surface area contributed by atoms with Crippen LogP contribution < -0.4 is 10.1 Å². The van der Waals surface area contributed by atoms with Crippen molar-refractivity contribution >= 4 is 50.3 Å². The maximum Gasteiger partial charge on any atom is 0.253 e. The van der Waals surface area contributed by atoms with Crippen molar-refractivity contribution in [1.82, 2.24) is 20.2 Å². The van der Waals surface area contributed by atoms with Crippen molar-refractivity contribution in [3.8, 4) is 5.75 Å². The fraction of sp³-hybridized carbons (Fsp3) is 0.227. The Morgan fingerprint density at radius 2 is 1.90 bits per heavy atom. The Morgan fingerprint density at radius 1 is 1.07 bits per heavy atom. The van der Waals surface area contributed by atoms with E-state index in [1.165, 1.54) is 0 Å². The van der Waals surface area contributed by atoms with Crippen LogP contribution in [0.5, 0.6) is 5.75 Å². The third-order valence-corrected chi connectivity index (χ3v) is 5.02. The lowest BCUT2D eigenvalue weighted by atomic mass is 10.1. The number of nitrogens with one attached hydrogen (secondary N) is 1. The molecule has 0 spiro atoms. The highest BCUT2D eigenvalue weighted by molar-refractivity contribution is 6.32. The van der Waals surface area contributed by atoms with Gasteiger partial charge in [-0.3, -0.25) is 4.79 Å². The summed E-state index contributed by atoms with van der Waals surface area (Å²) in [5, 5.41) is 5.24. The van der Waals surface area contributed by atoms with E-state index in [0.29, 0.717) is 28.2 Å². The summed E-state index contributed by atoms with van der Waals surface area (Å²) < 4.78 is 5.47. The summed E-state index contributed by atoms with van der Waals surface area (Å²) in [4.78, 5) is 24.4. The van der Waals surface area contributed by atoms with Crippen LogP contribution in [0.25, 0.3) is 32.8 Å². The number of likely N-dealkylation sites (N-methyl/N-ethyl adjacent to an activating group) is 1. The number of ether oxygens (including phenoxy) is 1. The highest BCUT2D eigenvalue weighted by Gasteiger charge is 2.16. The number of rotatable bonds is 5. The van der Waals surface area contributed by atoms with Gasteiger partial charge >= 0.3 is 0 Å². The fourth-order valence-electron chi connectivity index (χ4n) is 3.38. The number of nitrogens with zero attached hydrogens (tertiary/aromatic N) is 3. The fourth-order valence-corrected chi connectivity index (χ4v) is 3.59. The first-order valence-electron chi connectivity index (χ1n) is 9.27. The van der Waals surface area contributed by atoms with Crippen molar-refractivity contribution in [3.05, 3.63) is 53.1 Å². The number of carbonyl (C=O) groups is 1. The summed E-state index contributed by atoms with van der Waals surface area (Å²) in [5.41, 5.74) is 2.99. The Morgan fingerprint density at radius 3 is 2.66 bits per heavy atom. The molecular formula is C22H21ClN4O2. The molecule has 0 radical (unpaired) electrons. The molecule has 0 fully saturated rings. The van der Waals surface area contributed by atoms with Crippen LogP contribution in [0.2, 0.25) is 5.02 Å². The van der Waals surface area contributed by atoms with Crippen molar-refractivity contribution < 1.29 is 9.53 Å². The Labute approximate surface area is 173 Å². The van der Waals surface area contributed by atoms with Gasteiger partial charge in [0.1, 0.15) is 11.3 Å². The van der Waals surface area contributed by atoms with Gasteiger partial charge in [0.25, 0.3) is 5.91 Å². The molecule has 1 heterocycles. The second-order valence-electron chi connectivity index (χ2n) is 7.09. The first-order chi connectivity index (χ1) is 14.0. The average Bonchev–Trinajstić information content (AvgIpc) is 2.70. The molecule has 0 aliphatic carbocycles. The second-order valence-corrected chi connectivity index (χ2v) is 7.53. The van der Waals surface area contributed by atoms with Crippen molar-refractivity contribution in [3.63, 3.8) is 0 Å². The number of hydrogen-bond donors (Lipinski definition) is 1. The molecule has 0 bridgehead atoms. The van der Waals surface area contributed by atoms with E-state index in [1.54, 1.807) is 19.2 Å². The standard InChI is InChI=1S/C22H21ClN4O2/c1-27(2)10-9-24-22(28)16-11-13(23)12-18-21(16)26-20-15-5-4-6-19(29-3)14(15)7-8-17(20)25-18/h4-8,11-12H,9-10H2,1-3H3,(H,24,28). The third kappa shape index (κ3) is 3.69. The molecular weight excluding hydrogens is 388 g/mol. The maximum atomic E-state index is 12.8. The third-order valence-electron chi connectivity index (χ3n) is 4.80. The van der Waals surface area contributed by atoms with Crippen LogP contribution in [-0.2, 0) is 0 Å². The van der Waals surface area contributed by atoms with E-state index >= 15 is 0 Å². The normalized spacial score (nSPS) is 11.5. The van der Waals surface area contributed by atoms with Crippen LogP contribution in [-0.4, -0.2) is 55.1 Å². The van der Waals surface area contributed by atoms with E-state index < -0.39 is 0 Å².